The van der Waals surface area contributed by atoms with Gasteiger partial charge in [0.05, 0.1) is 25.9 Å². The molecule has 0 aromatic rings. The van der Waals surface area contributed by atoms with Crippen LogP contribution in [0.4, 0.5) is 0 Å². The van der Waals surface area contributed by atoms with Crippen LogP contribution in [0.25, 0.3) is 0 Å². The van der Waals surface area contributed by atoms with Crippen molar-refractivity contribution in [1.29, 1.82) is 0 Å². The van der Waals surface area contributed by atoms with Crippen LogP contribution in [-0.2, 0) is 23.8 Å². The first-order valence-electron chi connectivity index (χ1n) is 23.6. The molecule has 0 aromatic heterocycles. The predicted molar refractivity (Wildman–Crippen MR) is 234 cm³/mol. The molecule has 324 valence electrons. The van der Waals surface area contributed by atoms with Gasteiger partial charge in [0, 0.05) is 26.0 Å². The van der Waals surface area contributed by atoms with Crippen molar-refractivity contribution in [2.45, 2.75) is 226 Å². The average Bonchev–Trinajstić information content (AvgIpc) is 3.18. The highest BCUT2D eigenvalue weighted by Crippen LogP contribution is 2.16. The second-order valence-electron chi connectivity index (χ2n) is 15.7. The van der Waals surface area contributed by atoms with Crippen LogP contribution in [0.15, 0.2) is 24.3 Å². The molecule has 0 fully saturated rings. The Hall–Kier alpha value is -1.70. The maximum absolute atomic E-state index is 12.4. The Kier molecular flexibility index (Phi) is 43.6. The van der Waals surface area contributed by atoms with Crippen molar-refractivity contribution in [3.05, 3.63) is 24.3 Å². The van der Waals surface area contributed by atoms with Gasteiger partial charge in [-0.2, -0.15) is 0 Å². The van der Waals surface area contributed by atoms with Crippen LogP contribution < -0.4 is 0 Å². The normalized spacial score (nSPS) is 12.4. The maximum Gasteiger partial charge on any atom is 0.305 e. The second kappa shape index (κ2) is 45.0. The van der Waals surface area contributed by atoms with Crippen LogP contribution >= 0.6 is 0 Å². The molecule has 0 saturated heterocycles. The van der Waals surface area contributed by atoms with Crippen molar-refractivity contribution >= 4 is 11.9 Å². The van der Waals surface area contributed by atoms with Crippen molar-refractivity contribution in [3.63, 3.8) is 0 Å². The Bertz CT molecular complexity index is 837. The number of allylic oxidation sites excluding steroid dienone is 4. The molecule has 0 saturated carbocycles. The molecule has 0 bridgehead atoms. The summed E-state index contributed by atoms with van der Waals surface area (Å²) in [4.78, 5) is 26.8. The Morgan fingerprint density at radius 3 is 1.51 bits per heavy atom. The van der Waals surface area contributed by atoms with E-state index in [0.717, 1.165) is 148 Å². The van der Waals surface area contributed by atoms with E-state index in [1.807, 2.05) is 0 Å². The fraction of sp³-hybridized carbons (Fsp3) is 0.875. The highest BCUT2D eigenvalue weighted by molar-refractivity contribution is 5.69. The summed E-state index contributed by atoms with van der Waals surface area (Å²) in [6, 6.07) is 0. The van der Waals surface area contributed by atoms with Gasteiger partial charge in [-0.25, -0.2) is 0 Å². The first-order valence-corrected chi connectivity index (χ1v) is 23.6. The molecule has 0 radical (unpaired) electrons. The lowest BCUT2D eigenvalue weighted by atomic mass is 10.0. The maximum atomic E-state index is 12.4. The number of aliphatic hydroxyl groups is 1. The Morgan fingerprint density at radius 2 is 0.945 bits per heavy atom. The number of hydrogen-bond acceptors (Lipinski definition) is 7. The number of carbonyl (C=O) groups is 2. The molecule has 0 spiro atoms. The Labute approximate surface area is 341 Å². The number of aliphatic hydroxyl groups excluding tert-OH is 1. The number of esters is 2. The second-order valence-corrected chi connectivity index (χ2v) is 15.7. The minimum absolute atomic E-state index is 0.0359. The lowest BCUT2D eigenvalue weighted by Crippen LogP contribution is -2.29. The summed E-state index contributed by atoms with van der Waals surface area (Å²) in [5.41, 5.74) is 0. The van der Waals surface area contributed by atoms with Gasteiger partial charge < -0.3 is 24.2 Å². The van der Waals surface area contributed by atoms with Crippen LogP contribution in [0.2, 0.25) is 0 Å². The standard InChI is InChI=1S/C48H91NO6/c1-4-7-10-13-16-20-27-35-46(53-43-31-24-15-12-9-6-3)36-34-38-48(52)55-45-33-26-19-23-30-40-49(41-42-50)39-29-22-18-21-28-37-47(51)54-44-32-25-17-14-11-8-5-2/h7,9-10,12,46,50H,4-6,8,11,13-45H2,1-3H3/b10-7-,12-9-. The van der Waals surface area contributed by atoms with Crippen molar-refractivity contribution < 1.29 is 28.9 Å². The van der Waals surface area contributed by atoms with Crippen LogP contribution in [0, 0.1) is 0 Å². The molecular weight excluding hydrogens is 687 g/mol. The first-order chi connectivity index (χ1) is 27.1. The van der Waals surface area contributed by atoms with E-state index in [1.54, 1.807) is 0 Å². The summed E-state index contributed by atoms with van der Waals surface area (Å²) in [7, 11) is 0. The monoisotopic (exact) mass is 778 g/mol. The third-order valence-electron chi connectivity index (χ3n) is 10.4. The molecule has 0 aliphatic rings. The lowest BCUT2D eigenvalue weighted by molar-refractivity contribution is -0.144. The van der Waals surface area contributed by atoms with E-state index in [0.29, 0.717) is 26.1 Å². The van der Waals surface area contributed by atoms with E-state index in [-0.39, 0.29) is 24.6 Å². The van der Waals surface area contributed by atoms with Crippen LogP contribution in [0.5, 0.6) is 0 Å². The summed E-state index contributed by atoms with van der Waals surface area (Å²) >= 11 is 0. The van der Waals surface area contributed by atoms with Gasteiger partial charge in [-0.15, -0.1) is 0 Å². The molecule has 0 rings (SSSR count). The van der Waals surface area contributed by atoms with Gasteiger partial charge in [0.2, 0.25) is 0 Å². The lowest BCUT2D eigenvalue weighted by Gasteiger charge is -2.21. The summed E-state index contributed by atoms with van der Waals surface area (Å²) in [5.74, 6) is -0.105. The minimum atomic E-state index is -0.0691. The number of hydrogen-bond donors (Lipinski definition) is 1. The molecule has 0 aliphatic heterocycles. The van der Waals surface area contributed by atoms with Gasteiger partial charge in [-0.3, -0.25) is 9.59 Å². The molecule has 0 aliphatic carbocycles. The zero-order valence-corrected chi connectivity index (χ0v) is 36.7. The predicted octanol–water partition coefficient (Wildman–Crippen LogP) is 13.0. The Balaban J connectivity index is 3.92. The first kappa shape index (κ1) is 53.3. The fourth-order valence-electron chi connectivity index (χ4n) is 6.93. The van der Waals surface area contributed by atoms with E-state index in [2.05, 4.69) is 50.0 Å². The highest BCUT2D eigenvalue weighted by atomic mass is 16.5. The molecule has 7 nitrogen and oxygen atoms in total. The van der Waals surface area contributed by atoms with Gasteiger partial charge in [0.15, 0.2) is 0 Å². The van der Waals surface area contributed by atoms with E-state index >= 15 is 0 Å². The van der Waals surface area contributed by atoms with Crippen molar-refractivity contribution in [3.8, 4) is 0 Å². The third-order valence-corrected chi connectivity index (χ3v) is 10.4. The van der Waals surface area contributed by atoms with Gasteiger partial charge >= 0.3 is 11.9 Å². The molecule has 0 heterocycles. The third kappa shape index (κ3) is 41.7. The van der Waals surface area contributed by atoms with E-state index < -0.39 is 0 Å². The Morgan fingerprint density at radius 1 is 0.491 bits per heavy atom. The van der Waals surface area contributed by atoms with Crippen molar-refractivity contribution in [1.82, 2.24) is 4.90 Å². The zero-order chi connectivity index (χ0) is 40.1. The highest BCUT2D eigenvalue weighted by Gasteiger charge is 2.12. The molecule has 1 unspecified atom stereocenters. The van der Waals surface area contributed by atoms with Crippen molar-refractivity contribution in [2.75, 3.05) is 46.1 Å². The summed E-state index contributed by atoms with van der Waals surface area (Å²) < 4.78 is 17.3. The van der Waals surface area contributed by atoms with Gasteiger partial charge in [0.1, 0.15) is 0 Å². The van der Waals surface area contributed by atoms with E-state index in [9.17, 15) is 14.7 Å². The number of carbonyl (C=O) groups excluding carboxylic acids is 2. The quantitative estimate of drug-likeness (QED) is 0.0374. The van der Waals surface area contributed by atoms with E-state index in [1.165, 1.54) is 64.2 Å². The van der Waals surface area contributed by atoms with Crippen molar-refractivity contribution in [2.24, 2.45) is 0 Å². The van der Waals surface area contributed by atoms with Crippen LogP contribution in [0.3, 0.4) is 0 Å². The fourth-order valence-corrected chi connectivity index (χ4v) is 6.93. The smallest absolute Gasteiger partial charge is 0.305 e. The molecular formula is C48H91NO6. The average molecular weight is 778 g/mol. The summed E-state index contributed by atoms with van der Waals surface area (Å²) in [6.07, 6.45) is 43.2. The largest absolute Gasteiger partial charge is 0.466 e. The number of ether oxygens (including phenoxy) is 3. The number of unbranched alkanes of at least 4 members (excludes halogenated alkanes) is 19. The van der Waals surface area contributed by atoms with Gasteiger partial charge in [-0.1, -0.05) is 135 Å². The van der Waals surface area contributed by atoms with Crippen LogP contribution in [0.1, 0.15) is 220 Å². The van der Waals surface area contributed by atoms with Gasteiger partial charge in [-0.05, 0) is 109 Å². The number of nitrogens with zero attached hydrogens (tertiary/aromatic N) is 1. The summed E-state index contributed by atoms with van der Waals surface area (Å²) in [6.45, 7) is 11.5. The number of rotatable bonds is 44. The molecule has 1 atom stereocenters. The minimum Gasteiger partial charge on any atom is -0.466 e. The molecule has 1 N–H and O–H groups in total. The van der Waals surface area contributed by atoms with Crippen LogP contribution in [-0.4, -0.2) is 74.1 Å². The SMILES string of the molecule is CC/C=C\CCCCCC(CCCC(=O)OCCCCCCCN(CCO)CCCCCCCC(=O)OCCCCCCCCC)OCCCC/C=C\CC. The molecule has 0 aromatic carbocycles. The molecule has 55 heavy (non-hydrogen) atoms. The summed E-state index contributed by atoms with van der Waals surface area (Å²) in [5, 5.41) is 9.53. The van der Waals surface area contributed by atoms with E-state index in [4.69, 9.17) is 14.2 Å². The zero-order valence-electron chi connectivity index (χ0n) is 36.7. The molecule has 7 heteroatoms. The molecule has 0 amide bonds. The topological polar surface area (TPSA) is 85.3 Å². The van der Waals surface area contributed by atoms with Gasteiger partial charge in [0.25, 0.3) is 0 Å².